The van der Waals surface area contributed by atoms with Crippen molar-refractivity contribution in [2.75, 3.05) is 0 Å². The average molecular weight is 180 g/mol. The van der Waals surface area contributed by atoms with Crippen LogP contribution >= 0.6 is 0 Å². The van der Waals surface area contributed by atoms with E-state index in [1.807, 2.05) is 32.9 Å². The van der Waals surface area contributed by atoms with Crippen molar-refractivity contribution in [3.8, 4) is 0 Å². The zero-order valence-electron chi connectivity index (χ0n) is 7.92. The van der Waals surface area contributed by atoms with Crippen LogP contribution in [0, 0.1) is 20.8 Å². The van der Waals surface area contributed by atoms with Gasteiger partial charge in [-0.05, 0) is 31.9 Å². The number of hydrogen-bond acceptors (Lipinski definition) is 3. The summed E-state index contributed by atoms with van der Waals surface area (Å²) in [6, 6.07) is 3.75. The van der Waals surface area contributed by atoms with Crippen molar-refractivity contribution in [2.45, 2.75) is 20.8 Å². The van der Waals surface area contributed by atoms with Gasteiger partial charge in [0.25, 0.3) is 0 Å². The van der Waals surface area contributed by atoms with Gasteiger partial charge in [-0.2, -0.15) is 5.26 Å². The topological polar surface area (TPSA) is 46.5 Å². The third-order valence-corrected chi connectivity index (χ3v) is 1.96. The number of hydrogen-bond donors (Lipinski definition) is 1. The number of carbonyl (C=O) groups is 1. The van der Waals surface area contributed by atoms with Crippen LogP contribution in [0.5, 0.6) is 0 Å². The molecule has 0 amide bonds. The van der Waals surface area contributed by atoms with Gasteiger partial charge in [0, 0.05) is 0 Å². The summed E-state index contributed by atoms with van der Waals surface area (Å²) in [6.07, 6.45) is 0. The van der Waals surface area contributed by atoms with Crippen LogP contribution in [0.1, 0.15) is 27.0 Å². The molecule has 0 fully saturated rings. The van der Waals surface area contributed by atoms with Gasteiger partial charge in [-0.1, -0.05) is 17.7 Å². The van der Waals surface area contributed by atoms with Crippen molar-refractivity contribution >= 4 is 5.97 Å². The second-order valence-electron chi connectivity index (χ2n) is 3.15. The first-order chi connectivity index (χ1) is 6.06. The molecule has 3 heteroatoms. The Bertz CT molecular complexity index is 319. The molecule has 0 spiro atoms. The maximum atomic E-state index is 11.1. The van der Waals surface area contributed by atoms with E-state index in [4.69, 9.17) is 5.26 Å². The fourth-order valence-corrected chi connectivity index (χ4v) is 1.55. The van der Waals surface area contributed by atoms with E-state index in [1.165, 1.54) is 0 Å². The van der Waals surface area contributed by atoms with E-state index in [9.17, 15) is 4.79 Å². The van der Waals surface area contributed by atoms with Gasteiger partial charge in [0.1, 0.15) is 0 Å². The highest BCUT2D eigenvalue weighted by molar-refractivity contribution is 5.92. The third-order valence-electron chi connectivity index (χ3n) is 1.96. The summed E-state index contributed by atoms with van der Waals surface area (Å²) in [7, 11) is 0. The highest BCUT2D eigenvalue weighted by atomic mass is 17.1. The van der Waals surface area contributed by atoms with Gasteiger partial charge in [0.15, 0.2) is 0 Å². The number of rotatable bonds is 1. The van der Waals surface area contributed by atoms with Gasteiger partial charge in [0.05, 0.1) is 5.56 Å². The molecule has 0 unspecified atom stereocenters. The Labute approximate surface area is 76.9 Å². The molecule has 1 aromatic rings. The molecule has 1 N–H and O–H groups in total. The van der Waals surface area contributed by atoms with Crippen LogP contribution in [0.4, 0.5) is 0 Å². The van der Waals surface area contributed by atoms with Crippen molar-refractivity contribution in [2.24, 2.45) is 0 Å². The molecule has 70 valence electrons. The Balaban J connectivity index is 3.28. The first-order valence-electron chi connectivity index (χ1n) is 4.00. The molecule has 0 saturated carbocycles. The molecule has 0 bridgehead atoms. The predicted octanol–water partition coefficient (Wildman–Crippen LogP) is 2.24. The average Bonchev–Trinajstić information content (AvgIpc) is 2.02. The van der Waals surface area contributed by atoms with Crippen LogP contribution in [0.2, 0.25) is 0 Å². The molecular formula is C10H12O3. The lowest BCUT2D eigenvalue weighted by molar-refractivity contribution is -0.182. The van der Waals surface area contributed by atoms with Gasteiger partial charge in [0.2, 0.25) is 0 Å². The molecule has 13 heavy (non-hydrogen) atoms. The lowest BCUT2D eigenvalue weighted by atomic mass is 10.0. The SMILES string of the molecule is Cc1cc(C)c(C(=O)OO)c(C)c1. The fourth-order valence-electron chi connectivity index (χ4n) is 1.55. The molecule has 0 aliphatic heterocycles. The van der Waals surface area contributed by atoms with Crippen LogP contribution in [-0.2, 0) is 4.89 Å². The smallest absolute Gasteiger partial charge is 0.295 e. The van der Waals surface area contributed by atoms with Crippen molar-refractivity contribution in [1.82, 2.24) is 0 Å². The molecule has 0 aliphatic carbocycles. The summed E-state index contributed by atoms with van der Waals surface area (Å²) < 4.78 is 0. The Morgan fingerprint density at radius 2 is 1.69 bits per heavy atom. The summed E-state index contributed by atoms with van der Waals surface area (Å²) in [4.78, 5) is 14.8. The molecular weight excluding hydrogens is 168 g/mol. The van der Waals surface area contributed by atoms with Crippen LogP contribution in [0.15, 0.2) is 12.1 Å². The molecule has 0 saturated heterocycles. The third kappa shape index (κ3) is 1.87. The van der Waals surface area contributed by atoms with E-state index in [2.05, 4.69) is 4.89 Å². The lowest BCUT2D eigenvalue weighted by Gasteiger charge is -2.07. The van der Waals surface area contributed by atoms with Gasteiger partial charge >= 0.3 is 5.97 Å². The standard InChI is InChI=1S/C10H12O3/c1-6-4-7(2)9(8(3)5-6)10(11)13-12/h4-5,12H,1-3H3. The number of carbonyl (C=O) groups excluding carboxylic acids is 1. The highest BCUT2D eigenvalue weighted by Gasteiger charge is 2.13. The quantitative estimate of drug-likeness (QED) is 0.532. The minimum absolute atomic E-state index is 0.438. The Morgan fingerprint density at radius 3 is 2.08 bits per heavy atom. The molecule has 1 rings (SSSR count). The van der Waals surface area contributed by atoms with E-state index in [1.54, 1.807) is 0 Å². The van der Waals surface area contributed by atoms with Crippen molar-refractivity contribution < 1.29 is 14.9 Å². The van der Waals surface area contributed by atoms with Gasteiger partial charge in [-0.15, -0.1) is 0 Å². The van der Waals surface area contributed by atoms with E-state index in [0.717, 1.165) is 16.7 Å². The van der Waals surface area contributed by atoms with Crippen molar-refractivity contribution in [3.05, 3.63) is 34.4 Å². The van der Waals surface area contributed by atoms with Crippen molar-refractivity contribution in [3.63, 3.8) is 0 Å². The summed E-state index contributed by atoms with van der Waals surface area (Å²) in [5.74, 6) is -0.699. The maximum absolute atomic E-state index is 11.1. The monoisotopic (exact) mass is 180 g/mol. The molecule has 0 heterocycles. The Kier molecular flexibility index (Phi) is 2.68. The van der Waals surface area contributed by atoms with Crippen LogP contribution in [0.3, 0.4) is 0 Å². The van der Waals surface area contributed by atoms with Crippen LogP contribution < -0.4 is 0 Å². The molecule has 0 aliphatic rings. The molecule has 3 nitrogen and oxygen atoms in total. The first kappa shape index (κ1) is 9.74. The summed E-state index contributed by atoms with van der Waals surface area (Å²) in [5.41, 5.74) is 3.16. The minimum atomic E-state index is -0.699. The van der Waals surface area contributed by atoms with Gasteiger partial charge in [-0.3, -0.25) is 4.89 Å². The first-order valence-corrected chi connectivity index (χ1v) is 4.00. The largest absolute Gasteiger partial charge is 0.373 e. The number of aryl methyl sites for hydroxylation is 3. The van der Waals surface area contributed by atoms with E-state index in [-0.39, 0.29) is 0 Å². The summed E-state index contributed by atoms with van der Waals surface area (Å²) >= 11 is 0. The summed E-state index contributed by atoms with van der Waals surface area (Å²) in [5, 5.41) is 8.26. The van der Waals surface area contributed by atoms with E-state index < -0.39 is 5.97 Å². The normalized spacial score (nSPS) is 9.85. The zero-order valence-corrected chi connectivity index (χ0v) is 7.92. The second kappa shape index (κ2) is 3.58. The van der Waals surface area contributed by atoms with Gasteiger partial charge in [-0.25, -0.2) is 4.79 Å². The Morgan fingerprint density at radius 1 is 1.23 bits per heavy atom. The Hall–Kier alpha value is -1.35. The summed E-state index contributed by atoms with van der Waals surface area (Å²) in [6.45, 7) is 5.58. The maximum Gasteiger partial charge on any atom is 0.373 e. The van der Waals surface area contributed by atoms with Gasteiger partial charge < -0.3 is 0 Å². The fraction of sp³-hybridized carbons (Fsp3) is 0.300. The van der Waals surface area contributed by atoms with Crippen LogP contribution in [0.25, 0.3) is 0 Å². The molecule has 0 aromatic heterocycles. The second-order valence-corrected chi connectivity index (χ2v) is 3.15. The van der Waals surface area contributed by atoms with Crippen molar-refractivity contribution in [1.29, 1.82) is 0 Å². The van der Waals surface area contributed by atoms with E-state index in [0.29, 0.717) is 5.56 Å². The molecule has 0 radical (unpaired) electrons. The van der Waals surface area contributed by atoms with Crippen LogP contribution in [-0.4, -0.2) is 11.2 Å². The molecule has 1 aromatic carbocycles. The highest BCUT2D eigenvalue weighted by Crippen LogP contribution is 2.16. The molecule has 0 atom stereocenters. The van der Waals surface area contributed by atoms with E-state index >= 15 is 0 Å². The number of benzene rings is 1. The lowest BCUT2D eigenvalue weighted by Crippen LogP contribution is -2.07. The predicted molar refractivity (Wildman–Crippen MR) is 48.7 cm³/mol. The minimum Gasteiger partial charge on any atom is -0.295 e. The zero-order chi connectivity index (χ0) is 10.0.